The number of H-pyrrole nitrogens is 1. The molecule has 0 amide bonds. The van der Waals surface area contributed by atoms with Gasteiger partial charge in [-0.05, 0) is 75.6 Å². The molecule has 2 unspecified atom stereocenters. The Morgan fingerprint density at radius 3 is 1.70 bits per heavy atom. The summed E-state index contributed by atoms with van der Waals surface area (Å²) in [5, 5.41) is 16.9. The van der Waals surface area contributed by atoms with Gasteiger partial charge in [-0.3, -0.25) is 9.80 Å². The lowest BCUT2D eigenvalue weighted by Crippen LogP contribution is -2.50. The van der Waals surface area contributed by atoms with Crippen LogP contribution in [0.3, 0.4) is 0 Å². The van der Waals surface area contributed by atoms with E-state index in [4.69, 9.17) is 33.2 Å². The fourth-order valence-corrected chi connectivity index (χ4v) is 12.3. The quantitative estimate of drug-likeness (QED) is 0.0884. The number of piperazine rings is 2. The van der Waals surface area contributed by atoms with Crippen LogP contribution in [0.4, 0.5) is 11.9 Å². The molecule has 5 N–H and O–H groups in total. The molecule has 4 aliphatic rings. The molecule has 4 atom stereocenters. The number of aromatic nitrogens is 6. The average molecular weight is 994 g/mol. The van der Waals surface area contributed by atoms with Crippen molar-refractivity contribution < 1.29 is 8.42 Å². The maximum absolute atomic E-state index is 13.5. The van der Waals surface area contributed by atoms with Crippen LogP contribution in [0.1, 0.15) is 66.2 Å². The summed E-state index contributed by atoms with van der Waals surface area (Å²) in [5.41, 5.74) is 4.60. The lowest BCUT2D eigenvalue weighted by atomic mass is 9.89. The first-order chi connectivity index (χ1) is 32.8. The minimum absolute atomic E-state index is 0. The first-order valence-electron chi connectivity index (χ1n) is 23.7. The summed E-state index contributed by atoms with van der Waals surface area (Å²) < 4.78 is 28.4. The molecular weight excluding hydrogens is 928 g/mol. The van der Waals surface area contributed by atoms with Crippen LogP contribution in [-0.2, 0) is 10.0 Å². The lowest BCUT2D eigenvalue weighted by molar-refractivity contribution is 0.134. The lowest BCUT2D eigenvalue weighted by Gasteiger charge is -2.39. The van der Waals surface area contributed by atoms with E-state index in [-0.39, 0.29) is 25.8 Å². The van der Waals surface area contributed by atoms with Crippen molar-refractivity contribution >= 4 is 66.9 Å². The molecule has 2 saturated heterocycles. The van der Waals surface area contributed by atoms with Crippen molar-refractivity contribution in [1.82, 2.24) is 49.3 Å². The molecule has 17 heteroatoms. The van der Waals surface area contributed by atoms with Gasteiger partial charge in [0.15, 0.2) is 0 Å². The Kier molecular flexibility index (Phi) is 16.6. The number of hydrogen-bond donors (Lipinski definition) is 5. The van der Waals surface area contributed by atoms with Crippen LogP contribution < -0.4 is 21.3 Å². The van der Waals surface area contributed by atoms with Crippen molar-refractivity contribution in [2.24, 2.45) is 0 Å². The number of para-hydroxylation sites is 2. The first kappa shape index (κ1) is 50.3. The van der Waals surface area contributed by atoms with Gasteiger partial charge in [0.1, 0.15) is 0 Å². The predicted molar refractivity (Wildman–Crippen MR) is 283 cm³/mol. The molecule has 4 aromatic heterocycles. The van der Waals surface area contributed by atoms with E-state index >= 15 is 0 Å². The number of fused-ring (bicyclic) bond motifs is 2. The largest absolute Gasteiger partial charge is 0.360 e. The average Bonchev–Trinajstić information content (AvgIpc) is 3.99. The Morgan fingerprint density at radius 2 is 1.12 bits per heavy atom. The van der Waals surface area contributed by atoms with E-state index in [1.807, 2.05) is 36.5 Å². The zero-order valence-electron chi connectivity index (χ0n) is 37.5. The zero-order valence-corrected chi connectivity index (χ0v) is 39.9. The molecule has 69 heavy (non-hydrogen) atoms. The second kappa shape index (κ2) is 22.7. The van der Waals surface area contributed by atoms with Crippen molar-refractivity contribution in [3.63, 3.8) is 0 Å². The van der Waals surface area contributed by atoms with E-state index < -0.39 is 10.0 Å². The Bertz CT molecular complexity index is 2900. The van der Waals surface area contributed by atoms with Crippen LogP contribution in [0.2, 0.25) is 10.0 Å². The number of nitrogens with one attached hydrogen (secondary N) is 5. The highest BCUT2D eigenvalue weighted by Gasteiger charge is 2.30. The Morgan fingerprint density at radius 1 is 0.609 bits per heavy atom. The third kappa shape index (κ3) is 11.3. The van der Waals surface area contributed by atoms with Gasteiger partial charge in [0.25, 0.3) is 10.0 Å². The predicted octanol–water partition coefficient (Wildman–Crippen LogP) is 9.80. The van der Waals surface area contributed by atoms with Crippen molar-refractivity contribution in [3.05, 3.63) is 114 Å². The molecular formula is C52H66Cl2N12O2S. The number of hydrogen-bond acceptors (Lipinski definition) is 12. The molecule has 2 saturated carbocycles. The van der Waals surface area contributed by atoms with Gasteiger partial charge in [-0.25, -0.2) is 32.3 Å². The second-order valence-corrected chi connectivity index (χ2v) is 20.7. The van der Waals surface area contributed by atoms with E-state index in [0.717, 1.165) is 112 Å². The summed E-state index contributed by atoms with van der Waals surface area (Å²) in [5.74, 6) is 1.18. The van der Waals surface area contributed by atoms with Gasteiger partial charge < -0.3 is 26.3 Å². The molecule has 3 aromatic carbocycles. The molecule has 0 bridgehead atoms. The summed E-state index contributed by atoms with van der Waals surface area (Å²) >= 11 is 13.1. The fourth-order valence-electron chi connectivity index (χ4n) is 10.5. The third-order valence-corrected chi connectivity index (χ3v) is 16.1. The Hall–Kier alpha value is -5.13. The van der Waals surface area contributed by atoms with E-state index in [1.54, 1.807) is 55.0 Å². The number of aromatic amines is 1. The van der Waals surface area contributed by atoms with Crippen LogP contribution in [-0.4, -0.2) is 124 Å². The van der Waals surface area contributed by atoms with Crippen LogP contribution >= 0.6 is 23.2 Å². The highest BCUT2D eigenvalue weighted by atomic mass is 35.5. The topological polar surface area (TPSA) is 161 Å². The minimum atomic E-state index is -3.81. The van der Waals surface area contributed by atoms with Gasteiger partial charge in [0.2, 0.25) is 11.9 Å². The summed E-state index contributed by atoms with van der Waals surface area (Å²) in [6, 6.07) is 25.9. The molecule has 6 heterocycles. The molecule has 4 fully saturated rings. The SMILES string of the molecule is C.C.Clc1cnc(N[C@@H]2CCCC(N3CCNCC3)C2)nc1-c1c[nH]c2ccccc12.O=S(=O)(c1ccccc1)n1cc(-c2nc(N[C@@H]3CCCC(N4CCNCC4)C3)ncc2Cl)c2ccccc21. The van der Waals surface area contributed by atoms with Gasteiger partial charge in [0.05, 0.1) is 44.2 Å². The fraction of sp³-hybridized carbons (Fsp3) is 0.423. The number of nitrogens with zero attached hydrogens (tertiary/aromatic N) is 7. The van der Waals surface area contributed by atoms with Gasteiger partial charge in [-0.1, -0.05) is 92.7 Å². The number of anilines is 2. The first-order valence-corrected chi connectivity index (χ1v) is 25.9. The summed E-state index contributed by atoms with van der Waals surface area (Å²) in [4.78, 5) is 27.3. The standard InChI is InChI=1S/C28H31ClN6O2S.C22H27ClN6.2CH4/c29-25-18-31-28(32-20-7-6-8-21(17-20)34-15-13-30-14-16-34)33-27(25)24-19-35(26-12-5-4-11-23(24)26)38(36,37)22-9-2-1-3-10-22;23-19-14-26-22(28-21(19)18-13-25-20-7-2-1-6-17(18)20)27-15-4-3-5-16(12-15)29-10-8-24-9-11-29;;/h1-5,9-12,18-21,30H,6-8,13-17H2,(H,31,32,33);1-2,6-7,13-16,24-25H,3-5,8-12H2,(H,26,27,28);2*1H4/t20-,21?;15-,16?;;/m11../s1. The Labute approximate surface area is 417 Å². The molecule has 11 rings (SSSR count). The van der Waals surface area contributed by atoms with E-state index in [1.165, 1.54) is 23.2 Å². The molecule has 2 aliphatic heterocycles. The second-order valence-electron chi connectivity index (χ2n) is 18.1. The molecule has 2 aliphatic carbocycles. The van der Waals surface area contributed by atoms with Crippen LogP contribution in [0.25, 0.3) is 44.3 Å². The summed E-state index contributed by atoms with van der Waals surface area (Å²) in [7, 11) is -3.81. The van der Waals surface area contributed by atoms with Gasteiger partial charge in [-0.2, -0.15) is 0 Å². The number of rotatable bonds is 10. The van der Waals surface area contributed by atoms with E-state index in [0.29, 0.717) is 56.8 Å². The van der Waals surface area contributed by atoms with Crippen LogP contribution in [0.5, 0.6) is 0 Å². The highest BCUT2D eigenvalue weighted by molar-refractivity contribution is 7.90. The smallest absolute Gasteiger partial charge is 0.268 e. The van der Waals surface area contributed by atoms with Gasteiger partial charge >= 0.3 is 0 Å². The van der Waals surface area contributed by atoms with Gasteiger partial charge in [-0.15, -0.1) is 0 Å². The van der Waals surface area contributed by atoms with Crippen molar-refractivity contribution in [2.75, 3.05) is 63.0 Å². The third-order valence-electron chi connectivity index (χ3n) is 13.9. The minimum Gasteiger partial charge on any atom is -0.360 e. The Balaban J connectivity index is 0.000000187. The highest BCUT2D eigenvalue weighted by Crippen LogP contribution is 2.37. The number of benzene rings is 3. The maximum atomic E-state index is 13.5. The van der Waals surface area contributed by atoms with Crippen molar-refractivity contribution in [1.29, 1.82) is 0 Å². The molecule has 0 spiro atoms. The molecule has 7 aromatic rings. The van der Waals surface area contributed by atoms with Crippen molar-refractivity contribution in [2.45, 2.75) is 95.3 Å². The zero-order chi connectivity index (χ0) is 45.7. The normalized spacial score (nSPS) is 21.4. The molecule has 0 radical (unpaired) electrons. The van der Waals surface area contributed by atoms with Crippen LogP contribution in [0, 0.1) is 0 Å². The summed E-state index contributed by atoms with van der Waals surface area (Å²) in [6.07, 6.45) is 16.3. The van der Waals surface area contributed by atoms with Crippen molar-refractivity contribution in [3.8, 4) is 22.5 Å². The van der Waals surface area contributed by atoms with E-state index in [9.17, 15) is 8.42 Å². The monoisotopic (exact) mass is 992 g/mol. The molecule has 14 nitrogen and oxygen atoms in total. The van der Waals surface area contributed by atoms with Gasteiger partial charge in [0, 0.05) is 116 Å². The van der Waals surface area contributed by atoms with E-state index in [2.05, 4.69) is 58.2 Å². The van der Waals surface area contributed by atoms with Crippen LogP contribution in [0.15, 0.2) is 109 Å². The maximum Gasteiger partial charge on any atom is 0.268 e. The number of halogens is 2. The summed E-state index contributed by atoms with van der Waals surface area (Å²) in [6.45, 7) is 8.78. The molecule has 366 valence electrons.